The number of ether oxygens (including phenoxy) is 1. The minimum Gasteiger partial charge on any atom is -0.463 e. The van der Waals surface area contributed by atoms with E-state index in [0.29, 0.717) is 0 Å². The van der Waals surface area contributed by atoms with Crippen molar-refractivity contribution in [2.24, 2.45) is 5.10 Å². The predicted octanol–water partition coefficient (Wildman–Crippen LogP) is 1.81. The highest BCUT2D eigenvalue weighted by Gasteiger charge is 2.31. The van der Waals surface area contributed by atoms with Crippen molar-refractivity contribution in [2.75, 3.05) is 13.2 Å². The van der Waals surface area contributed by atoms with Crippen molar-refractivity contribution in [1.82, 2.24) is 16.1 Å². The van der Waals surface area contributed by atoms with Crippen LogP contribution in [0, 0.1) is 0 Å². The van der Waals surface area contributed by atoms with Crippen molar-refractivity contribution >= 4 is 11.8 Å². The molecule has 0 atom stereocenters. The van der Waals surface area contributed by atoms with Crippen LogP contribution in [-0.2, 0) is 15.7 Å². The first kappa shape index (κ1) is 16.8. The number of amidine groups is 1. The molecular weight excluding hydrogens is 313 g/mol. The lowest BCUT2D eigenvalue weighted by Gasteiger charge is -2.16. The van der Waals surface area contributed by atoms with Gasteiger partial charge in [-0.15, -0.1) is 10.2 Å². The van der Waals surface area contributed by atoms with Crippen LogP contribution in [0.5, 0.6) is 0 Å². The van der Waals surface area contributed by atoms with Gasteiger partial charge in [0.2, 0.25) is 0 Å². The molecule has 0 aliphatic carbocycles. The minimum absolute atomic E-state index is 0.0464. The number of carbonyl (C=O) groups excluding carboxylic acids is 1. The Balaban J connectivity index is 2.00. The average molecular weight is 328 g/mol. The molecule has 0 spiro atoms. The van der Waals surface area contributed by atoms with Gasteiger partial charge in [-0.1, -0.05) is 18.7 Å². The molecule has 0 aromatic heterocycles. The fraction of sp³-hybridized carbons (Fsp3) is 0.286. The van der Waals surface area contributed by atoms with E-state index in [2.05, 4.69) is 22.6 Å². The second kappa shape index (κ2) is 6.69. The summed E-state index contributed by atoms with van der Waals surface area (Å²) >= 11 is 0. The lowest BCUT2D eigenvalue weighted by atomic mass is 10.1. The van der Waals surface area contributed by atoms with Crippen molar-refractivity contribution in [1.29, 1.82) is 0 Å². The standard InChI is InChI=1S/C14H15F3N4O2/c1-3-23-13(22)9(2)8-21-19-12(18-20-21)10-5-4-6-11(7-10)14(15,16)17/h4-7,20H,2-3,8H2,1H3,(H,18,19). The maximum absolute atomic E-state index is 12.7. The summed E-state index contributed by atoms with van der Waals surface area (Å²) in [6, 6.07) is 4.75. The average Bonchev–Trinajstić information content (AvgIpc) is 2.95. The van der Waals surface area contributed by atoms with E-state index < -0.39 is 17.7 Å². The summed E-state index contributed by atoms with van der Waals surface area (Å²) in [4.78, 5) is 11.5. The monoisotopic (exact) mass is 328 g/mol. The molecule has 0 saturated heterocycles. The van der Waals surface area contributed by atoms with Crippen LogP contribution in [0.15, 0.2) is 41.5 Å². The third-order valence-electron chi connectivity index (χ3n) is 2.90. The van der Waals surface area contributed by atoms with Crippen LogP contribution >= 0.6 is 0 Å². The van der Waals surface area contributed by atoms with Crippen molar-refractivity contribution in [3.05, 3.63) is 47.5 Å². The number of alkyl halides is 3. The van der Waals surface area contributed by atoms with Crippen LogP contribution in [0.1, 0.15) is 18.1 Å². The summed E-state index contributed by atoms with van der Waals surface area (Å²) in [5.74, 6) is -0.351. The molecular formula is C14H15F3N4O2. The largest absolute Gasteiger partial charge is 0.463 e. The van der Waals surface area contributed by atoms with Crippen LogP contribution in [0.2, 0.25) is 0 Å². The Morgan fingerprint density at radius 3 is 2.83 bits per heavy atom. The zero-order chi connectivity index (χ0) is 17.0. The summed E-state index contributed by atoms with van der Waals surface area (Å²) in [6.07, 6.45) is -4.43. The normalized spacial score (nSPS) is 14.7. The van der Waals surface area contributed by atoms with Gasteiger partial charge in [0, 0.05) is 11.1 Å². The minimum atomic E-state index is -4.43. The second-order valence-corrected chi connectivity index (χ2v) is 4.66. The molecule has 9 heteroatoms. The van der Waals surface area contributed by atoms with E-state index in [4.69, 9.17) is 4.74 Å². The van der Waals surface area contributed by atoms with Crippen molar-refractivity contribution in [3.8, 4) is 0 Å². The lowest BCUT2D eigenvalue weighted by molar-refractivity contribution is -0.139. The number of hydrogen-bond donors (Lipinski definition) is 2. The van der Waals surface area contributed by atoms with Gasteiger partial charge < -0.3 is 4.74 Å². The molecule has 2 rings (SSSR count). The number of hydrazone groups is 1. The molecule has 23 heavy (non-hydrogen) atoms. The summed E-state index contributed by atoms with van der Waals surface area (Å²) < 4.78 is 42.9. The summed E-state index contributed by atoms with van der Waals surface area (Å²) in [6.45, 7) is 5.53. The molecule has 1 aliphatic heterocycles. The molecule has 0 saturated carbocycles. The number of nitrogens with one attached hydrogen (secondary N) is 2. The quantitative estimate of drug-likeness (QED) is 0.637. The highest BCUT2D eigenvalue weighted by Crippen LogP contribution is 2.29. The molecule has 1 heterocycles. The summed E-state index contributed by atoms with van der Waals surface area (Å²) in [7, 11) is 0. The van der Waals surface area contributed by atoms with Crippen LogP contribution in [-0.4, -0.2) is 30.1 Å². The van der Waals surface area contributed by atoms with Crippen LogP contribution < -0.4 is 11.0 Å². The third kappa shape index (κ3) is 4.22. The van der Waals surface area contributed by atoms with Crippen LogP contribution in [0.4, 0.5) is 13.2 Å². The van der Waals surface area contributed by atoms with Gasteiger partial charge in [0.05, 0.1) is 18.7 Å². The smallest absolute Gasteiger partial charge is 0.416 e. The third-order valence-corrected chi connectivity index (χ3v) is 2.90. The Labute approximate surface area is 130 Å². The van der Waals surface area contributed by atoms with Gasteiger partial charge in [0.15, 0.2) is 5.84 Å². The Hall–Kier alpha value is -2.55. The van der Waals surface area contributed by atoms with Gasteiger partial charge in [-0.2, -0.15) is 13.2 Å². The summed E-state index contributed by atoms with van der Waals surface area (Å²) in [5.41, 5.74) is 4.97. The van der Waals surface area contributed by atoms with Crippen molar-refractivity contribution in [3.63, 3.8) is 0 Å². The Bertz CT molecular complexity index is 643. The number of benzene rings is 1. The first-order chi connectivity index (χ1) is 10.8. The van der Waals surface area contributed by atoms with Crippen LogP contribution in [0.25, 0.3) is 0 Å². The van der Waals surface area contributed by atoms with E-state index >= 15 is 0 Å². The van der Waals surface area contributed by atoms with E-state index in [-0.39, 0.29) is 30.1 Å². The Morgan fingerprint density at radius 2 is 2.17 bits per heavy atom. The number of halogens is 3. The van der Waals surface area contributed by atoms with E-state index in [1.807, 2.05) is 0 Å². The molecule has 0 bridgehead atoms. The van der Waals surface area contributed by atoms with Crippen molar-refractivity contribution in [2.45, 2.75) is 13.1 Å². The number of rotatable bonds is 5. The van der Waals surface area contributed by atoms with Gasteiger partial charge in [0.25, 0.3) is 0 Å². The number of carbonyl (C=O) groups is 1. The van der Waals surface area contributed by atoms with Gasteiger partial charge in [-0.25, -0.2) is 10.3 Å². The molecule has 0 radical (unpaired) electrons. The SMILES string of the molecule is C=C(CN1NN=C(c2cccc(C(F)(F)F)c2)N1)C(=O)OCC. The highest BCUT2D eigenvalue weighted by atomic mass is 19.4. The number of esters is 1. The maximum atomic E-state index is 12.7. The van der Waals surface area contributed by atoms with E-state index in [1.165, 1.54) is 17.3 Å². The first-order valence-electron chi connectivity index (χ1n) is 6.71. The van der Waals surface area contributed by atoms with Gasteiger partial charge in [-0.05, 0) is 19.1 Å². The Kier molecular flexibility index (Phi) is 4.89. The number of hydrazine groups is 2. The zero-order valence-electron chi connectivity index (χ0n) is 12.3. The highest BCUT2D eigenvalue weighted by molar-refractivity contribution is 5.99. The fourth-order valence-corrected chi connectivity index (χ4v) is 1.82. The zero-order valence-corrected chi connectivity index (χ0v) is 12.3. The molecule has 1 aromatic carbocycles. The molecule has 2 N–H and O–H groups in total. The fourth-order valence-electron chi connectivity index (χ4n) is 1.82. The molecule has 0 unspecified atom stereocenters. The predicted molar refractivity (Wildman–Crippen MR) is 76.7 cm³/mol. The molecule has 1 aromatic rings. The maximum Gasteiger partial charge on any atom is 0.416 e. The van der Waals surface area contributed by atoms with E-state index in [0.717, 1.165) is 12.1 Å². The molecule has 0 fully saturated rings. The molecule has 1 aliphatic rings. The number of hydrogen-bond acceptors (Lipinski definition) is 6. The molecule has 0 amide bonds. The van der Waals surface area contributed by atoms with Gasteiger partial charge in [0.1, 0.15) is 0 Å². The lowest BCUT2D eigenvalue weighted by Crippen LogP contribution is -2.43. The summed E-state index contributed by atoms with van der Waals surface area (Å²) in [5, 5.41) is 5.20. The van der Waals surface area contributed by atoms with E-state index in [9.17, 15) is 18.0 Å². The molecule has 6 nitrogen and oxygen atoms in total. The van der Waals surface area contributed by atoms with Crippen molar-refractivity contribution < 1.29 is 22.7 Å². The number of nitrogens with zero attached hydrogens (tertiary/aromatic N) is 2. The molecule has 124 valence electrons. The van der Waals surface area contributed by atoms with Crippen LogP contribution in [0.3, 0.4) is 0 Å². The van der Waals surface area contributed by atoms with E-state index in [1.54, 1.807) is 6.92 Å². The second-order valence-electron chi connectivity index (χ2n) is 4.66. The van der Waals surface area contributed by atoms with Gasteiger partial charge >= 0.3 is 12.1 Å². The Morgan fingerprint density at radius 1 is 1.43 bits per heavy atom. The van der Waals surface area contributed by atoms with Gasteiger partial charge in [-0.3, -0.25) is 5.43 Å². The topological polar surface area (TPSA) is 66.0 Å². The first-order valence-corrected chi connectivity index (χ1v) is 6.71.